The first-order valence-electron chi connectivity index (χ1n) is 7.48. The van der Waals surface area contributed by atoms with E-state index in [1.807, 2.05) is 36.4 Å². The predicted molar refractivity (Wildman–Crippen MR) is 84.9 cm³/mol. The Labute approximate surface area is 126 Å². The zero-order valence-corrected chi connectivity index (χ0v) is 12.4. The van der Waals surface area contributed by atoms with Crippen LogP contribution >= 0.6 is 0 Å². The molecule has 0 aromatic heterocycles. The molecule has 2 aromatic rings. The van der Waals surface area contributed by atoms with Crippen molar-refractivity contribution >= 4 is 0 Å². The highest BCUT2D eigenvalue weighted by Crippen LogP contribution is 2.42. The Morgan fingerprint density at radius 3 is 1.90 bits per heavy atom. The average Bonchev–Trinajstić information content (AvgIpc) is 2.98. The molecule has 0 amide bonds. The molecule has 1 aliphatic heterocycles. The van der Waals surface area contributed by atoms with E-state index >= 15 is 0 Å². The fraction of sp³-hybridized carbons (Fsp3) is 0.316. The second-order valence-corrected chi connectivity index (χ2v) is 5.90. The van der Waals surface area contributed by atoms with E-state index in [0.29, 0.717) is 5.92 Å². The lowest BCUT2D eigenvalue weighted by atomic mass is 9.66. The van der Waals surface area contributed by atoms with Gasteiger partial charge in [-0.15, -0.1) is 0 Å². The van der Waals surface area contributed by atoms with Crippen LogP contribution in [0.2, 0.25) is 0 Å². The first-order chi connectivity index (χ1) is 10.3. The summed E-state index contributed by atoms with van der Waals surface area (Å²) in [5, 5.41) is 10.2. The highest BCUT2D eigenvalue weighted by atomic mass is 15.1. The summed E-state index contributed by atoms with van der Waals surface area (Å²) >= 11 is 0. The Kier molecular flexibility index (Phi) is 3.77. The van der Waals surface area contributed by atoms with Crippen molar-refractivity contribution in [3.8, 4) is 6.07 Å². The van der Waals surface area contributed by atoms with Crippen LogP contribution in [0.25, 0.3) is 0 Å². The minimum Gasteiger partial charge on any atom is -0.306 e. The largest absolute Gasteiger partial charge is 0.306 e. The second-order valence-electron chi connectivity index (χ2n) is 5.90. The van der Waals surface area contributed by atoms with Gasteiger partial charge in [-0.05, 0) is 37.1 Å². The summed E-state index contributed by atoms with van der Waals surface area (Å²) in [5.74, 6) is 0.331. The lowest BCUT2D eigenvalue weighted by molar-refractivity contribution is 0.355. The van der Waals surface area contributed by atoms with Crippen LogP contribution in [0.3, 0.4) is 0 Å². The van der Waals surface area contributed by atoms with E-state index in [0.717, 1.165) is 30.6 Å². The van der Waals surface area contributed by atoms with E-state index < -0.39 is 5.41 Å². The Hall–Kier alpha value is -2.11. The smallest absolute Gasteiger partial charge is 0.111 e. The summed E-state index contributed by atoms with van der Waals surface area (Å²) < 4.78 is 0. The van der Waals surface area contributed by atoms with Crippen molar-refractivity contribution in [1.29, 1.82) is 5.26 Å². The first kappa shape index (κ1) is 13.9. The summed E-state index contributed by atoms with van der Waals surface area (Å²) in [6.45, 7) is 2.03. The molecule has 106 valence electrons. The monoisotopic (exact) mass is 276 g/mol. The van der Waals surface area contributed by atoms with Gasteiger partial charge in [0.1, 0.15) is 5.41 Å². The number of nitrogens with zero attached hydrogens (tertiary/aromatic N) is 2. The van der Waals surface area contributed by atoms with Crippen LogP contribution in [0.1, 0.15) is 17.5 Å². The van der Waals surface area contributed by atoms with Crippen LogP contribution in [-0.4, -0.2) is 25.0 Å². The Balaban J connectivity index is 2.17. The minimum absolute atomic E-state index is 0.331. The normalized spacial score (nSPS) is 19.3. The van der Waals surface area contributed by atoms with Crippen LogP contribution in [0.5, 0.6) is 0 Å². The van der Waals surface area contributed by atoms with Gasteiger partial charge in [-0.3, -0.25) is 0 Å². The van der Waals surface area contributed by atoms with Crippen LogP contribution in [-0.2, 0) is 5.41 Å². The van der Waals surface area contributed by atoms with Gasteiger partial charge in [0.25, 0.3) is 0 Å². The molecular weight excluding hydrogens is 256 g/mol. The standard InChI is InChI=1S/C19H20N2/c1-21-13-12-18(14-21)19(15-20,16-8-4-2-5-9-16)17-10-6-3-7-11-17/h2-11,18H,12-14H2,1H3/t18-/m1/s1. The van der Waals surface area contributed by atoms with E-state index in [1.54, 1.807) is 0 Å². The lowest BCUT2D eigenvalue weighted by Crippen LogP contribution is -2.36. The van der Waals surface area contributed by atoms with Crippen molar-refractivity contribution in [2.75, 3.05) is 20.1 Å². The molecule has 0 N–H and O–H groups in total. The highest BCUT2D eigenvalue weighted by Gasteiger charge is 2.44. The lowest BCUT2D eigenvalue weighted by Gasteiger charge is -2.34. The van der Waals surface area contributed by atoms with Gasteiger partial charge in [0.15, 0.2) is 0 Å². The second kappa shape index (κ2) is 5.71. The van der Waals surface area contributed by atoms with Gasteiger partial charge >= 0.3 is 0 Å². The molecule has 1 aliphatic rings. The van der Waals surface area contributed by atoms with Crippen LogP contribution in [0.4, 0.5) is 0 Å². The minimum atomic E-state index is -0.548. The van der Waals surface area contributed by atoms with Gasteiger partial charge < -0.3 is 4.90 Å². The maximum atomic E-state index is 10.2. The summed E-state index contributed by atoms with van der Waals surface area (Å²) in [7, 11) is 2.14. The van der Waals surface area contributed by atoms with E-state index in [9.17, 15) is 5.26 Å². The van der Waals surface area contributed by atoms with Crippen molar-refractivity contribution in [3.63, 3.8) is 0 Å². The van der Waals surface area contributed by atoms with Gasteiger partial charge in [0, 0.05) is 6.54 Å². The van der Waals surface area contributed by atoms with Crippen LogP contribution in [0.15, 0.2) is 60.7 Å². The van der Waals surface area contributed by atoms with Crippen molar-refractivity contribution in [2.24, 2.45) is 5.92 Å². The number of benzene rings is 2. The van der Waals surface area contributed by atoms with Crippen molar-refractivity contribution in [2.45, 2.75) is 11.8 Å². The fourth-order valence-electron chi connectivity index (χ4n) is 3.55. The molecule has 1 atom stereocenters. The molecule has 3 rings (SSSR count). The van der Waals surface area contributed by atoms with Crippen LogP contribution < -0.4 is 0 Å². The molecule has 0 radical (unpaired) electrons. The SMILES string of the molecule is CN1CC[C@@H](C(C#N)(c2ccccc2)c2ccccc2)C1. The number of hydrogen-bond acceptors (Lipinski definition) is 2. The summed E-state index contributed by atoms with van der Waals surface area (Å²) in [5.41, 5.74) is 1.67. The van der Waals surface area contributed by atoms with Crippen molar-refractivity contribution < 1.29 is 0 Å². The van der Waals surface area contributed by atoms with Gasteiger partial charge in [-0.25, -0.2) is 0 Å². The molecule has 2 heteroatoms. The molecule has 21 heavy (non-hydrogen) atoms. The number of rotatable bonds is 3. The van der Waals surface area contributed by atoms with Gasteiger partial charge in [0.05, 0.1) is 6.07 Å². The number of hydrogen-bond donors (Lipinski definition) is 0. The molecule has 2 nitrogen and oxygen atoms in total. The average molecular weight is 276 g/mol. The highest BCUT2D eigenvalue weighted by molar-refractivity contribution is 5.47. The van der Waals surface area contributed by atoms with E-state index in [2.05, 4.69) is 42.3 Å². The molecule has 0 unspecified atom stereocenters. The predicted octanol–water partition coefficient (Wildman–Crippen LogP) is 3.45. The van der Waals surface area contributed by atoms with Crippen molar-refractivity contribution in [3.05, 3.63) is 71.8 Å². The number of likely N-dealkylation sites (tertiary alicyclic amines) is 1. The maximum Gasteiger partial charge on any atom is 0.111 e. The van der Waals surface area contributed by atoms with Crippen LogP contribution in [0, 0.1) is 17.2 Å². The summed E-state index contributed by atoms with van der Waals surface area (Å²) in [6, 6.07) is 23.2. The molecule has 1 fully saturated rings. The van der Waals surface area contributed by atoms with E-state index in [-0.39, 0.29) is 0 Å². The maximum absolute atomic E-state index is 10.2. The molecule has 0 saturated carbocycles. The molecule has 0 spiro atoms. The molecule has 1 saturated heterocycles. The molecule has 2 aromatic carbocycles. The van der Waals surface area contributed by atoms with E-state index in [4.69, 9.17) is 0 Å². The van der Waals surface area contributed by atoms with Crippen molar-refractivity contribution in [1.82, 2.24) is 4.90 Å². The Morgan fingerprint density at radius 2 is 1.52 bits per heavy atom. The third-order valence-corrected chi connectivity index (χ3v) is 4.64. The third-order valence-electron chi connectivity index (χ3n) is 4.64. The Morgan fingerprint density at radius 1 is 1.00 bits per heavy atom. The topological polar surface area (TPSA) is 27.0 Å². The fourth-order valence-corrected chi connectivity index (χ4v) is 3.55. The Bertz CT molecular complexity index is 588. The zero-order valence-electron chi connectivity index (χ0n) is 12.4. The summed E-state index contributed by atoms with van der Waals surface area (Å²) in [6.07, 6.45) is 1.06. The molecule has 0 bridgehead atoms. The quantitative estimate of drug-likeness (QED) is 0.858. The van der Waals surface area contributed by atoms with Gasteiger partial charge in [-0.2, -0.15) is 5.26 Å². The third kappa shape index (κ3) is 2.34. The van der Waals surface area contributed by atoms with Gasteiger partial charge in [0.2, 0.25) is 0 Å². The number of nitriles is 1. The molecule has 0 aliphatic carbocycles. The van der Waals surface area contributed by atoms with Gasteiger partial charge in [-0.1, -0.05) is 60.7 Å². The zero-order chi connectivity index (χ0) is 14.7. The molecule has 1 heterocycles. The summed E-state index contributed by atoms with van der Waals surface area (Å²) in [4.78, 5) is 2.32. The van der Waals surface area contributed by atoms with E-state index in [1.165, 1.54) is 0 Å². The first-order valence-corrected chi connectivity index (χ1v) is 7.48. The molecular formula is C19H20N2.